The third kappa shape index (κ3) is 2.89. The Bertz CT molecular complexity index is 1670. The average Bonchev–Trinajstić information content (AvgIpc) is 3.39. The summed E-state index contributed by atoms with van der Waals surface area (Å²) in [4.78, 5) is 0. The van der Waals surface area contributed by atoms with Gasteiger partial charge in [0, 0.05) is 22.1 Å². The number of ether oxygens (including phenoxy) is 1. The molecule has 2 nitrogen and oxygen atoms in total. The van der Waals surface area contributed by atoms with Gasteiger partial charge in [-0.1, -0.05) is 91.0 Å². The van der Waals surface area contributed by atoms with Crippen LogP contribution in [0.2, 0.25) is 0 Å². The van der Waals surface area contributed by atoms with Crippen molar-refractivity contribution in [1.82, 2.24) is 0 Å². The highest BCUT2D eigenvalue weighted by Crippen LogP contribution is 2.48. The van der Waals surface area contributed by atoms with Crippen molar-refractivity contribution < 1.29 is 9.15 Å². The predicted molar refractivity (Wildman–Crippen MR) is 138 cm³/mol. The van der Waals surface area contributed by atoms with E-state index in [0.717, 1.165) is 56.0 Å². The Hall–Kier alpha value is -4.56. The minimum absolute atomic E-state index is 0.848. The van der Waals surface area contributed by atoms with E-state index in [2.05, 4.69) is 103 Å². The molecule has 0 N–H and O–H groups in total. The molecule has 0 saturated heterocycles. The molecule has 0 saturated carbocycles. The molecule has 0 radical (unpaired) electrons. The molecule has 1 aliphatic rings. The van der Waals surface area contributed by atoms with Crippen LogP contribution in [0.4, 0.5) is 0 Å². The second-order valence-corrected chi connectivity index (χ2v) is 8.51. The van der Waals surface area contributed by atoms with Crippen molar-refractivity contribution in [2.75, 3.05) is 0 Å². The predicted octanol–water partition coefficient (Wildman–Crippen LogP) is 9.21. The molecule has 6 aromatic rings. The lowest BCUT2D eigenvalue weighted by Crippen LogP contribution is -1.97. The van der Waals surface area contributed by atoms with E-state index in [1.807, 2.05) is 18.2 Å². The summed E-state index contributed by atoms with van der Waals surface area (Å²) in [6.07, 6.45) is 0. The van der Waals surface area contributed by atoms with E-state index in [1.54, 1.807) is 0 Å². The van der Waals surface area contributed by atoms with Crippen LogP contribution in [0.3, 0.4) is 0 Å². The Morgan fingerprint density at radius 1 is 0.382 bits per heavy atom. The minimum atomic E-state index is 0.848. The van der Waals surface area contributed by atoms with E-state index in [9.17, 15) is 0 Å². The van der Waals surface area contributed by atoms with Crippen LogP contribution in [0.25, 0.3) is 55.7 Å². The van der Waals surface area contributed by atoms with Crippen molar-refractivity contribution in [2.24, 2.45) is 0 Å². The summed E-state index contributed by atoms with van der Waals surface area (Å²) < 4.78 is 12.7. The Morgan fingerprint density at radius 3 is 1.91 bits per heavy atom. The van der Waals surface area contributed by atoms with Crippen molar-refractivity contribution >= 4 is 10.8 Å². The molecule has 2 heteroatoms. The third-order valence-electron chi connectivity index (χ3n) is 6.55. The van der Waals surface area contributed by atoms with Crippen molar-refractivity contribution in [3.05, 3.63) is 121 Å². The minimum Gasteiger partial charge on any atom is -0.456 e. The summed E-state index contributed by atoms with van der Waals surface area (Å²) in [5, 5.41) is 2.25. The molecule has 0 unspecified atom stereocenters. The monoisotopic (exact) mass is 436 g/mol. The van der Waals surface area contributed by atoms with E-state index in [4.69, 9.17) is 9.15 Å². The van der Waals surface area contributed by atoms with Crippen LogP contribution >= 0.6 is 0 Å². The number of benzene rings is 5. The lowest BCUT2D eigenvalue weighted by atomic mass is 9.92. The Labute approximate surface area is 197 Å². The zero-order valence-corrected chi connectivity index (χ0v) is 18.4. The summed E-state index contributed by atoms with van der Waals surface area (Å²) >= 11 is 0. The van der Waals surface area contributed by atoms with Gasteiger partial charge in [-0.2, -0.15) is 0 Å². The van der Waals surface area contributed by atoms with E-state index >= 15 is 0 Å². The standard InChI is InChI=1S/C32H20O2/c1-2-9-21(10-3-1)22-11-4-5-12-23(22)29-19-20-30(33-29)25-17-18-31-32-26(14-8-15-27(25)32)24-13-6-7-16-28(24)34-31/h1-20H. The fraction of sp³-hybridized carbons (Fsp3) is 0. The molecule has 1 aliphatic heterocycles. The van der Waals surface area contributed by atoms with Gasteiger partial charge in [0.2, 0.25) is 0 Å². The lowest BCUT2D eigenvalue weighted by Gasteiger charge is -2.22. The Morgan fingerprint density at radius 2 is 1.06 bits per heavy atom. The van der Waals surface area contributed by atoms with Crippen molar-refractivity contribution in [2.45, 2.75) is 0 Å². The molecule has 5 aromatic carbocycles. The molecule has 0 amide bonds. The highest BCUT2D eigenvalue weighted by Gasteiger charge is 2.22. The molecule has 0 spiro atoms. The fourth-order valence-corrected chi connectivity index (χ4v) is 4.99. The second-order valence-electron chi connectivity index (χ2n) is 8.51. The van der Waals surface area contributed by atoms with Gasteiger partial charge in [-0.25, -0.2) is 0 Å². The van der Waals surface area contributed by atoms with Gasteiger partial charge < -0.3 is 9.15 Å². The Kier molecular flexibility index (Phi) is 4.18. The van der Waals surface area contributed by atoms with Crippen molar-refractivity contribution in [3.63, 3.8) is 0 Å². The first-order chi connectivity index (χ1) is 16.9. The van der Waals surface area contributed by atoms with Gasteiger partial charge in [0.1, 0.15) is 23.0 Å². The smallest absolute Gasteiger partial charge is 0.135 e. The molecule has 0 fully saturated rings. The molecule has 0 bridgehead atoms. The maximum Gasteiger partial charge on any atom is 0.135 e. The third-order valence-corrected chi connectivity index (χ3v) is 6.55. The van der Waals surface area contributed by atoms with E-state index in [-0.39, 0.29) is 0 Å². The summed E-state index contributed by atoms with van der Waals surface area (Å²) in [6.45, 7) is 0. The van der Waals surface area contributed by atoms with Crippen LogP contribution < -0.4 is 4.74 Å². The number of hydrogen-bond donors (Lipinski definition) is 0. The molecule has 2 heterocycles. The molecular formula is C32H20O2. The summed E-state index contributed by atoms with van der Waals surface area (Å²) in [5.74, 6) is 3.49. The number of fused-ring (bicyclic) bond motifs is 2. The van der Waals surface area contributed by atoms with Crippen LogP contribution in [0.15, 0.2) is 126 Å². The van der Waals surface area contributed by atoms with E-state index < -0.39 is 0 Å². The van der Waals surface area contributed by atoms with Gasteiger partial charge in [0.15, 0.2) is 0 Å². The number of para-hydroxylation sites is 1. The van der Waals surface area contributed by atoms with Crippen molar-refractivity contribution in [1.29, 1.82) is 0 Å². The molecular weight excluding hydrogens is 416 g/mol. The van der Waals surface area contributed by atoms with Crippen molar-refractivity contribution in [3.8, 4) is 56.4 Å². The van der Waals surface area contributed by atoms with Gasteiger partial charge in [-0.15, -0.1) is 0 Å². The molecule has 1 aromatic heterocycles. The van der Waals surface area contributed by atoms with Gasteiger partial charge >= 0.3 is 0 Å². The first-order valence-corrected chi connectivity index (χ1v) is 11.4. The van der Waals surface area contributed by atoms with Gasteiger partial charge in [0.05, 0.1) is 0 Å². The normalized spacial score (nSPS) is 11.8. The first kappa shape index (κ1) is 19.0. The topological polar surface area (TPSA) is 22.4 Å². The summed E-state index contributed by atoms with van der Waals surface area (Å²) in [7, 11) is 0. The van der Waals surface area contributed by atoms with Crippen LogP contribution in [0.5, 0.6) is 11.5 Å². The zero-order chi connectivity index (χ0) is 22.5. The molecule has 34 heavy (non-hydrogen) atoms. The second kappa shape index (κ2) is 7.50. The van der Waals surface area contributed by atoms with Crippen LogP contribution in [-0.4, -0.2) is 0 Å². The SMILES string of the molecule is c1ccc(-c2ccccc2-c2ccc(-c3ccc4c5c(cccc35)-c3ccccc3O4)o2)cc1. The number of furan rings is 1. The molecule has 0 aliphatic carbocycles. The van der Waals surface area contributed by atoms with Gasteiger partial charge in [0.25, 0.3) is 0 Å². The van der Waals surface area contributed by atoms with E-state index in [0.29, 0.717) is 0 Å². The zero-order valence-electron chi connectivity index (χ0n) is 18.4. The van der Waals surface area contributed by atoms with Gasteiger partial charge in [-0.3, -0.25) is 0 Å². The van der Waals surface area contributed by atoms with Gasteiger partial charge in [-0.05, 0) is 52.4 Å². The fourth-order valence-electron chi connectivity index (χ4n) is 4.99. The number of rotatable bonds is 3. The number of hydrogen-bond acceptors (Lipinski definition) is 2. The maximum atomic E-state index is 6.49. The Balaban J connectivity index is 1.38. The van der Waals surface area contributed by atoms with Crippen LogP contribution in [0.1, 0.15) is 0 Å². The summed E-state index contributed by atoms with van der Waals surface area (Å²) in [5.41, 5.74) is 6.79. The highest BCUT2D eigenvalue weighted by molar-refractivity contribution is 6.09. The largest absolute Gasteiger partial charge is 0.456 e. The average molecular weight is 437 g/mol. The molecule has 0 atom stereocenters. The highest BCUT2D eigenvalue weighted by atomic mass is 16.5. The quantitative estimate of drug-likeness (QED) is 0.275. The molecule has 160 valence electrons. The maximum absolute atomic E-state index is 6.49. The molecule has 7 rings (SSSR count). The lowest BCUT2D eigenvalue weighted by molar-refractivity contribution is 0.487. The van der Waals surface area contributed by atoms with Crippen LogP contribution in [-0.2, 0) is 0 Å². The summed E-state index contributed by atoms with van der Waals surface area (Å²) in [6, 6.07) is 41.7. The van der Waals surface area contributed by atoms with Crippen LogP contribution in [0, 0.1) is 0 Å². The van der Waals surface area contributed by atoms with E-state index in [1.165, 1.54) is 11.1 Å². The first-order valence-electron chi connectivity index (χ1n) is 11.4.